The Morgan fingerprint density at radius 2 is 1.39 bits per heavy atom. The van der Waals surface area contributed by atoms with E-state index < -0.39 is 17.5 Å². The Kier molecular flexibility index (Phi) is 11.6. The van der Waals surface area contributed by atoms with Gasteiger partial charge in [0.1, 0.15) is 5.41 Å². The summed E-state index contributed by atoms with van der Waals surface area (Å²) in [5.74, 6) is 0.0888. The summed E-state index contributed by atoms with van der Waals surface area (Å²) >= 11 is 0. The molecule has 0 saturated heterocycles. The minimum Gasteiger partial charge on any atom is -0.481 e. The molecule has 2 aromatic carbocycles. The normalized spacial score (nSPS) is 37.2. The molecule has 0 spiro atoms. The first-order chi connectivity index (χ1) is 25.8. The molecule has 5 nitrogen and oxygen atoms in total. The van der Waals surface area contributed by atoms with Crippen LogP contribution in [0.3, 0.4) is 0 Å². The Hall–Kier alpha value is -2.70. The Morgan fingerprint density at radius 1 is 0.786 bits per heavy atom. The van der Waals surface area contributed by atoms with Gasteiger partial charge in [0, 0.05) is 6.54 Å². The Bertz CT molecular complexity index is 1840. The van der Waals surface area contributed by atoms with Gasteiger partial charge < -0.3 is 20.2 Å². The molecule has 6 heteroatoms. The quantitative estimate of drug-likeness (QED) is 0.230. The zero-order valence-electron chi connectivity index (χ0n) is 35.7. The van der Waals surface area contributed by atoms with Gasteiger partial charge in [0.2, 0.25) is 0 Å². The van der Waals surface area contributed by atoms with Gasteiger partial charge in [-0.25, -0.2) is 0 Å². The smallest absolute Gasteiger partial charge is 0.312 e. The van der Waals surface area contributed by atoms with Crippen molar-refractivity contribution in [3.05, 3.63) is 88.5 Å². The number of nitrogens with zero attached hydrogens (tertiary/aromatic N) is 1. The lowest BCUT2D eigenvalue weighted by Gasteiger charge is -2.71. The third-order valence-electron chi connectivity index (χ3n) is 16.9. The summed E-state index contributed by atoms with van der Waals surface area (Å²) in [7, 11) is 4.24. The van der Waals surface area contributed by atoms with Crippen molar-refractivity contribution in [2.45, 2.75) is 125 Å². The fourth-order valence-corrected chi connectivity index (χ4v) is 13.5. The zero-order valence-corrected chi connectivity index (χ0v) is 36.5. The second-order valence-electron chi connectivity index (χ2n) is 20.9. The molecular formula is C50H70ClNO4. The van der Waals surface area contributed by atoms with Crippen molar-refractivity contribution < 1.29 is 20.1 Å². The number of fused-ring (bicyclic) bond motifs is 9. The molecule has 9 unspecified atom stereocenters. The minimum absolute atomic E-state index is 0. The van der Waals surface area contributed by atoms with Gasteiger partial charge in [0.25, 0.3) is 0 Å². The molecule has 6 aliphatic rings. The molecule has 6 aliphatic carbocycles. The molecule has 0 radical (unpaired) electrons. The van der Waals surface area contributed by atoms with Crippen molar-refractivity contribution in [1.29, 1.82) is 0 Å². The zero-order chi connectivity index (χ0) is 39.8. The van der Waals surface area contributed by atoms with E-state index in [9.17, 15) is 20.1 Å². The summed E-state index contributed by atoms with van der Waals surface area (Å²) in [6, 6.07) is 17.3. The van der Waals surface area contributed by atoms with Crippen molar-refractivity contribution in [1.82, 2.24) is 4.90 Å². The lowest BCUT2D eigenvalue weighted by molar-refractivity contribution is -0.218. The molecule has 0 aliphatic heterocycles. The van der Waals surface area contributed by atoms with Crippen LogP contribution in [0.4, 0.5) is 0 Å². The molecule has 4 saturated carbocycles. The monoisotopic (exact) mass is 783 g/mol. The first kappa shape index (κ1) is 42.9. The molecule has 8 rings (SSSR count). The number of benzene rings is 2. The highest BCUT2D eigenvalue weighted by atomic mass is 35.5. The van der Waals surface area contributed by atoms with Crippen LogP contribution < -0.4 is 0 Å². The summed E-state index contributed by atoms with van der Waals surface area (Å²) in [6.07, 6.45) is 17.2. The summed E-state index contributed by atoms with van der Waals surface area (Å²) in [6.45, 7) is 17.5. The molecule has 306 valence electrons. The van der Waals surface area contributed by atoms with Crippen LogP contribution >= 0.6 is 12.4 Å². The van der Waals surface area contributed by atoms with Crippen molar-refractivity contribution in [3.8, 4) is 0 Å². The van der Waals surface area contributed by atoms with Gasteiger partial charge in [-0.05, 0) is 151 Å². The van der Waals surface area contributed by atoms with Crippen LogP contribution in [0.15, 0.2) is 66.3 Å². The van der Waals surface area contributed by atoms with Gasteiger partial charge in [-0.15, -0.1) is 12.4 Å². The van der Waals surface area contributed by atoms with Crippen molar-refractivity contribution in [2.75, 3.05) is 20.6 Å². The topological polar surface area (TPSA) is 81.0 Å². The Balaban J connectivity index is 0.000000208. The van der Waals surface area contributed by atoms with Crippen LogP contribution in [0, 0.1) is 50.2 Å². The average Bonchev–Trinajstić information content (AvgIpc) is 3.27. The van der Waals surface area contributed by atoms with Gasteiger partial charge >= 0.3 is 5.97 Å². The third kappa shape index (κ3) is 6.69. The number of hydrogen-bond acceptors (Lipinski definition) is 4. The van der Waals surface area contributed by atoms with Crippen LogP contribution in [0.2, 0.25) is 0 Å². The van der Waals surface area contributed by atoms with E-state index in [0.717, 1.165) is 57.9 Å². The predicted molar refractivity (Wildman–Crippen MR) is 233 cm³/mol. The molecule has 0 heterocycles. The van der Waals surface area contributed by atoms with E-state index in [0.29, 0.717) is 24.7 Å². The Morgan fingerprint density at radius 3 is 1.98 bits per heavy atom. The maximum atomic E-state index is 12.8. The number of aliphatic carboxylic acids is 1. The van der Waals surface area contributed by atoms with Crippen LogP contribution in [0.1, 0.15) is 135 Å². The summed E-state index contributed by atoms with van der Waals surface area (Å²) in [4.78, 5) is 15.0. The van der Waals surface area contributed by atoms with E-state index in [-0.39, 0.29) is 51.5 Å². The lowest BCUT2D eigenvalue weighted by atomic mass is 9.33. The van der Waals surface area contributed by atoms with Crippen LogP contribution in [0.5, 0.6) is 0 Å². The second-order valence-corrected chi connectivity index (χ2v) is 20.9. The van der Waals surface area contributed by atoms with E-state index in [1.807, 2.05) is 0 Å². The van der Waals surface area contributed by atoms with Crippen LogP contribution in [-0.2, 0) is 4.79 Å². The van der Waals surface area contributed by atoms with Gasteiger partial charge in [0.15, 0.2) is 0 Å². The van der Waals surface area contributed by atoms with E-state index >= 15 is 0 Å². The van der Waals surface area contributed by atoms with Crippen molar-refractivity contribution >= 4 is 36.1 Å². The molecule has 56 heavy (non-hydrogen) atoms. The first-order valence-electron chi connectivity index (χ1n) is 21.3. The van der Waals surface area contributed by atoms with Gasteiger partial charge in [0.05, 0.1) is 12.2 Å². The summed E-state index contributed by atoms with van der Waals surface area (Å²) in [5, 5.41) is 33.1. The fraction of sp³-hybridized carbons (Fsp3) is 0.620. The number of rotatable bonds is 4. The lowest BCUT2D eigenvalue weighted by Crippen LogP contribution is -2.67. The predicted octanol–water partition coefficient (Wildman–Crippen LogP) is 11.2. The minimum atomic E-state index is -1.04. The number of carboxylic acid groups (broad SMARTS) is 1. The van der Waals surface area contributed by atoms with E-state index in [1.165, 1.54) is 33.4 Å². The molecule has 0 bridgehead atoms. The average molecular weight is 785 g/mol. The molecular weight excluding hydrogens is 714 g/mol. The van der Waals surface area contributed by atoms with Gasteiger partial charge in [-0.1, -0.05) is 127 Å². The molecule has 0 amide bonds. The molecule has 3 N–H and O–H groups in total. The number of aliphatic hydroxyl groups excluding tert-OH is 2. The second kappa shape index (κ2) is 15.2. The highest BCUT2D eigenvalue weighted by Crippen LogP contribution is 2.75. The number of aliphatic hydroxyl groups is 2. The Labute approximate surface area is 344 Å². The highest BCUT2D eigenvalue weighted by Gasteiger charge is 2.71. The maximum absolute atomic E-state index is 12.8. The number of carbonyl (C=O) groups is 1. The standard InChI is InChI=1S/C30H48O4.C20H21N.ClH/c1-25(2)14-15-30(24(33)34)19(16-25)18-8-9-21-27(5)12-11-22(31)26(3,4)20(27)10-13-28(21,6)29(18,7)17-23(30)32;1-21(2)15-7-12-20-18-10-5-3-8-16(18)13-14-17-9-4-6-11-19(17)20;/h8,19-23,31-32H,9-17H2,1-7H3,(H,33,34);3-6,8-14H,7,15H2,1-2H3;1H. The van der Waals surface area contributed by atoms with Crippen LogP contribution in [-0.4, -0.2) is 59.0 Å². The molecule has 9 atom stereocenters. The van der Waals surface area contributed by atoms with Gasteiger partial charge in [-0.3, -0.25) is 4.79 Å². The van der Waals surface area contributed by atoms with Crippen LogP contribution in [0.25, 0.3) is 17.7 Å². The number of carboxylic acids is 1. The summed E-state index contributed by atoms with van der Waals surface area (Å²) in [5.41, 5.74) is 6.90. The highest BCUT2D eigenvalue weighted by molar-refractivity contribution is 5.93. The number of allylic oxidation sites excluding steroid dienone is 2. The van der Waals surface area contributed by atoms with E-state index in [2.05, 4.69) is 140 Å². The SMILES string of the molecule is CC1(C)CCC2(C(=O)O)C(O)CC3(C)C(=CCC4C5(C)CCC(O)C(C)(C)C5CCC43C)C2C1.CN(C)CCC=C1c2ccccc2C=Cc2ccccc21.Cl. The largest absolute Gasteiger partial charge is 0.481 e. The molecule has 0 aromatic heterocycles. The van der Waals surface area contributed by atoms with E-state index in [4.69, 9.17) is 0 Å². The number of hydrogen-bond donors (Lipinski definition) is 3. The third-order valence-corrected chi connectivity index (χ3v) is 16.9. The first-order valence-corrected chi connectivity index (χ1v) is 21.3. The van der Waals surface area contributed by atoms with Gasteiger partial charge in [-0.2, -0.15) is 0 Å². The molecule has 4 fully saturated rings. The number of halogens is 1. The summed E-state index contributed by atoms with van der Waals surface area (Å²) < 4.78 is 0. The van der Waals surface area contributed by atoms with Crippen molar-refractivity contribution in [3.63, 3.8) is 0 Å². The fourth-order valence-electron chi connectivity index (χ4n) is 13.5. The van der Waals surface area contributed by atoms with Crippen molar-refractivity contribution in [2.24, 2.45) is 50.2 Å². The van der Waals surface area contributed by atoms with E-state index in [1.54, 1.807) is 0 Å². The molecule has 2 aromatic rings. The maximum Gasteiger partial charge on any atom is 0.312 e.